The Morgan fingerprint density at radius 2 is 1.80 bits per heavy atom. The second-order valence-electron chi connectivity index (χ2n) is 6.66. The Labute approximate surface area is 178 Å². The maximum atomic E-state index is 13.0. The summed E-state index contributed by atoms with van der Waals surface area (Å²) in [5, 5.41) is 7.49. The average Bonchev–Trinajstić information content (AvgIpc) is 3.26. The molecule has 0 unspecified atom stereocenters. The van der Waals surface area contributed by atoms with Gasteiger partial charge in [-0.25, -0.2) is 0 Å². The quantitative estimate of drug-likeness (QED) is 0.606. The highest BCUT2D eigenvalue weighted by atomic mass is 32.1. The number of amides is 2. The van der Waals surface area contributed by atoms with Gasteiger partial charge in [0.2, 0.25) is 0 Å². The molecule has 1 aromatic heterocycles. The summed E-state index contributed by atoms with van der Waals surface area (Å²) in [5.41, 5.74) is 2.05. The van der Waals surface area contributed by atoms with E-state index in [2.05, 4.69) is 10.6 Å². The van der Waals surface area contributed by atoms with Crippen molar-refractivity contribution in [2.24, 2.45) is 0 Å². The van der Waals surface area contributed by atoms with Gasteiger partial charge in [0.05, 0.1) is 0 Å². The Balaban J connectivity index is 1.57. The van der Waals surface area contributed by atoms with Gasteiger partial charge in [0.25, 0.3) is 11.8 Å². The van der Waals surface area contributed by atoms with Crippen molar-refractivity contribution in [1.82, 2.24) is 5.32 Å². The maximum absolute atomic E-state index is 13.0. The Bertz CT molecular complexity index is 1110. The topological polar surface area (TPSA) is 76.7 Å². The van der Waals surface area contributed by atoms with Gasteiger partial charge in [-0.05, 0) is 48.2 Å². The van der Waals surface area contributed by atoms with E-state index in [-0.39, 0.29) is 11.6 Å². The van der Waals surface area contributed by atoms with Crippen LogP contribution in [0.3, 0.4) is 0 Å². The first-order valence-electron chi connectivity index (χ1n) is 9.43. The van der Waals surface area contributed by atoms with Crippen molar-refractivity contribution in [1.29, 1.82) is 0 Å². The van der Waals surface area contributed by atoms with Crippen LogP contribution in [0, 0.1) is 6.92 Å². The number of anilines is 1. The molecule has 0 spiro atoms. The minimum atomic E-state index is -0.429. The summed E-state index contributed by atoms with van der Waals surface area (Å²) in [7, 11) is 0. The van der Waals surface area contributed by atoms with Crippen molar-refractivity contribution in [2.75, 3.05) is 18.5 Å². The van der Waals surface area contributed by atoms with Crippen molar-refractivity contribution in [2.45, 2.75) is 6.92 Å². The van der Waals surface area contributed by atoms with E-state index < -0.39 is 5.91 Å². The molecule has 30 heavy (non-hydrogen) atoms. The van der Waals surface area contributed by atoms with Crippen LogP contribution < -0.4 is 20.1 Å². The third-order valence-corrected chi connectivity index (χ3v) is 5.33. The normalized spacial score (nSPS) is 12.9. The smallest absolute Gasteiger partial charge is 0.272 e. The fraction of sp³-hybridized carbons (Fsp3) is 0.130. The monoisotopic (exact) mass is 420 g/mol. The van der Waals surface area contributed by atoms with E-state index in [1.165, 1.54) is 11.3 Å². The Morgan fingerprint density at radius 1 is 1.00 bits per heavy atom. The number of carbonyl (C=O) groups excluding carboxylic acids is 2. The van der Waals surface area contributed by atoms with Crippen LogP contribution in [0.25, 0.3) is 6.08 Å². The predicted molar refractivity (Wildman–Crippen MR) is 117 cm³/mol. The van der Waals surface area contributed by atoms with Crippen LogP contribution in [0.2, 0.25) is 0 Å². The Morgan fingerprint density at radius 3 is 2.57 bits per heavy atom. The van der Waals surface area contributed by atoms with Gasteiger partial charge < -0.3 is 20.1 Å². The lowest BCUT2D eigenvalue weighted by molar-refractivity contribution is -0.113. The number of ether oxygens (including phenoxy) is 2. The molecule has 2 N–H and O–H groups in total. The third kappa shape index (κ3) is 4.52. The fourth-order valence-corrected chi connectivity index (χ4v) is 3.67. The first-order chi connectivity index (χ1) is 14.6. The SMILES string of the molecule is Cc1ccccc1C(=O)N/C(=C\c1cccs1)C(=O)Nc1ccc2c(c1)OCCO2. The lowest BCUT2D eigenvalue weighted by Crippen LogP contribution is -2.31. The Hall–Kier alpha value is -3.58. The minimum Gasteiger partial charge on any atom is -0.486 e. The van der Waals surface area contributed by atoms with E-state index in [4.69, 9.17) is 9.47 Å². The minimum absolute atomic E-state index is 0.153. The molecular weight excluding hydrogens is 400 g/mol. The molecule has 1 aliphatic heterocycles. The van der Waals surface area contributed by atoms with Crippen molar-refractivity contribution in [3.8, 4) is 11.5 Å². The van der Waals surface area contributed by atoms with Crippen LogP contribution in [-0.4, -0.2) is 25.0 Å². The third-order valence-electron chi connectivity index (χ3n) is 4.51. The molecule has 2 heterocycles. The van der Waals surface area contributed by atoms with Crippen LogP contribution in [0.15, 0.2) is 65.7 Å². The molecule has 7 heteroatoms. The summed E-state index contributed by atoms with van der Waals surface area (Å²) in [6, 6.07) is 16.2. The van der Waals surface area contributed by atoms with Crippen LogP contribution in [0.1, 0.15) is 20.8 Å². The van der Waals surface area contributed by atoms with E-state index in [1.54, 1.807) is 36.4 Å². The van der Waals surface area contributed by atoms with E-state index >= 15 is 0 Å². The van der Waals surface area contributed by atoms with Crippen LogP contribution in [-0.2, 0) is 4.79 Å². The molecule has 0 atom stereocenters. The van der Waals surface area contributed by atoms with Crippen LogP contribution in [0.5, 0.6) is 11.5 Å². The molecule has 0 fully saturated rings. The molecule has 4 rings (SSSR count). The maximum Gasteiger partial charge on any atom is 0.272 e. The molecule has 0 saturated carbocycles. The van der Waals surface area contributed by atoms with E-state index in [0.29, 0.717) is 36.0 Å². The zero-order valence-corrected chi connectivity index (χ0v) is 17.1. The first-order valence-corrected chi connectivity index (χ1v) is 10.3. The van der Waals surface area contributed by atoms with Gasteiger partial charge in [-0.1, -0.05) is 24.3 Å². The summed E-state index contributed by atoms with van der Waals surface area (Å²) in [5.74, 6) is 0.448. The van der Waals surface area contributed by atoms with E-state index in [9.17, 15) is 9.59 Å². The number of hydrogen-bond donors (Lipinski definition) is 2. The van der Waals surface area contributed by atoms with Gasteiger partial charge in [-0.15, -0.1) is 11.3 Å². The lowest BCUT2D eigenvalue weighted by Gasteiger charge is -2.19. The number of thiophene rings is 1. The Kier molecular flexibility index (Phi) is 5.81. The van der Waals surface area contributed by atoms with Gasteiger partial charge in [0.15, 0.2) is 11.5 Å². The first kappa shape index (κ1) is 19.7. The largest absolute Gasteiger partial charge is 0.486 e. The van der Waals surface area contributed by atoms with Crippen molar-refractivity contribution < 1.29 is 19.1 Å². The molecule has 2 aromatic carbocycles. The highest BCUT2D eigenvalue weighted by Crippen LogP contribution is 2.32. The van der Waals surface area contributed by atoms with Gasteiger partial charge in [-0.2, -0.15) is 0 Å². The molecule has 6 nitrogen and oxygen atoms in total. The fourth-order valence-electron chi connectivity index (χ4n) is 3.01. The summed E-state index contributed by atoms with van der Waals surface area (Å²) in [6.45, 7) is 2.81. The second-order valence-corrected chi connectivity index (χ2v) is 7.63. The number of fused-ring (bicyclic) bond motifs is 1. The molecule has 0 saturated heterocycles. The van der Waals surface area contributed by atoms with Crippen molar-refractivity contribution in [3.63, 3.8) is 0 Å². The van der Waals surface area contributed by atoms with Crippen molar-refractivity contribution in [3.05, 3.63) is 81.7 Å². The highest BCUT2D eigenvalue weighted by molar-refractivity contribution is 7.10. The number of hydrogen-bond acceptors (Lipinski definition) is 5. The molecule has 0 bridgehead atoms. The number of aryl methyl sites for hydroxylation is 1. The highest BCUT2D eigenvalue weighted by Gasteiger charge is 2.18. The van der Waals surface area contributed by atoms with Gasteiger partial charge in [0, 0.05) is 22.2 Å². The zero-order chi connectivity index (χ0) is 20.9. The standard InChI is InChI=1S/C23H20N2O4S/c1-15-5-2-3-7-18(15)22(26)25-19(14-17-6-4-12-30-17)23(27)24-16-8-9-20-21(13-16)29-11-10-28-20/h2-9,12-14H,10-11H2,1H3,(H,24,27)(H,25,26)/b19-14-. The van der Waals surface area contributed by atoms with Crippen LogP contribution >= 0.6 is 11.3 Å². The average molecular weight is 420 g/mol. The molecule has 0 radical (unpaired) electrons. The van der Waals surface area contributed by atoms with Gasteiger partial charge in [0.1, 0.15) is 18.9 Å². The summed E-state index contributed by atoms with van der Waals surface area (Å²) in [6.07, 6.45) is 1.66. The molecule has 2 amide bonds. The molecule has 152 valence electrons. The van der Waals surface area contributed by atoms with Gasteiger partial charge >= 0.3 is 0 Å². The molecule has 1 aliphatic rings. The van der Waals surface area contributed by atoms with E-state index in [1.807, 2.05) is 36.6 Å². The summed E-state index contributed by atoms with van der Waals surface area (Å²) < 4.78 is 11.1. The van der Waals surface area contributed by atoms with Gasteiger partial charge in [-0.3, -0.25) is 9.59 Å². The molecule has 0 aliphatic carbocycles. The zero-order valence-electron chi connectivity index (χ0n) is 16.3. The second kappa shape index (κ2) is 8.84. The van der Waals surface area contributed by atoms with Crippen LogP contribution in [0.4, 0.5) is 5.69 Å². The van der Waals surface area contributed by atoms with E-state index in [0.717, 1.165) is 10.4 Å². The number of rotatable bonds is 5. The van der Waals surface area contributed by atoms with Crippen molar-refractivity contribution >= 4 is 34.9 Å². The summed E-state index contributed by atoms with van der Waals surface area (Å²) in [4.78, 5) is 26.6. The number of nitrogens with one attached hydrogen (secondary N) is 2. The number of carbonyl (C=O) groups is 2. The predicted octanol–water partition coefficient (Wildman–Crippen LogP) is 4.24. The molecular formula is C23H20N2O4S. The molecule has 3 aromatic rings. The summed E-state index contributed by atoms with van der Waals surface area (Å²) >= 11 is 1.48. The lowest BCUT2D eigenvalue weighted by atomic mass is 10.1. The number of benzene rings is 2.